The van der Waals surface area contributed by atoms with Gasteiger partial charge in [0.25, 0.3) is 0 Å². The molecule has 30 heavy (non-hydrogen) atoms. The number of nitrogens with zero attached hydrogens (tertiary/aromatic N) is 3. The third-order valence-electron chi connectivity index (χ3n) is 5.71. The smallest absolute Gasteiger partial charge is 0.305 e. The maximum Gasteiger partial charge on any atom is 0.305 e. The Morgan fingerprint density at radius 3 is 2.80 bits per heavy atom. The molecule has 2 N–H and O–H groups in total. The second-order valence-electron chi connectivity index (χ2n) is 8.41. The van der Waals surface area contributed by atoms with Crippen LogP contribution < -0.4 is 0 Å². The molecule has 0 aliphatic heterocycles. The molecule has 0 bridgehead atoms. The maximum absolute atomic E-state index is 11.1. The molecule has 1 fully saturated rings. The molecule has 0 radical (unpaired) electrons. The Balaban J connectivity index is 2.79. The van der Waals surface area contributed by atoms with Crippen molar-refractivity contribution in [1.82, 2.24) is 0 Å². The van der Waals surface area contributed by atoms with Gasteiger partial charge < -0.3 is 14.9 Å². The van der Waals surface area contributed by atoms with Crippen LogP contribution in [0.5, 0.6) is 0 Å². The predicted molar refractivity (Wildman–Crippen MR) is 117 cm³/mol. The van der Waals surface area contributed by atoms with E-state index in [1.165, 1.54) is 7.11 Å². The van der Waals surface area contributed by atoms with Gasteiger partial charge >= 0.3 is 5.97 Å². The minimum atomic E-state index is -0.696. The maximum atomic E-state index is 11.1. The van der Waals surface area contributed by atoms with Crippen molar-refractivity contribution in [3.05, 3.63) is 34.7 Å². The SMILES string of the molecule is CC#CCC(C)(C)[C@H](O)C=C[C@@H]1[C@@H](CC=CCCCC(=O)OC)[C@@H](N=[N+]=[N-])C[C@H]1O. The van der Waals surface area contributed by atoms with Gasteiger partial charge in [-0.25, -0.2) is 0 Å². The summed E-state index contributed by atoms with van der Waals surface area (Å²) in [6, 6.07) is -0.296. The molecule has 0 unspecified atom stereocenters. The van der Waals surface area contributed by atoms with E-state index in [0.29, 0.717) is 32.1 Å². The van der Waals surface area contributed by atoms with E-state index in [9.17, 15) is 15.0 Å². The van der Waals surface area contributed by atoms with E-state index in [4.69, 9.17) is 5.53 Å². The number of rotatable bonds is 11. The Morgan fingerprint density at radius 2 is 2.17 bits per heavy atom. The normalized spacial score (nSPS) is 25.0. The molecule has 1 aliphatic carbocycles. The summed E-state index contributed by atoms with van der Waals surface area (Å²) in [7, 11) is 1.38. The molecule has 7 heteroatoms. The highest BCUT2D eigenvalue weighted by Gasteiger charge is 2.40. The highest BCUT2D eigenvalue weighted by Crippen LogP contribution is 2.39. The fourth-order valence-electron chi connectivity index (χ4n) is 3.66. The van der Waals surface area contributed by atoms with Crippen LogP contribution >= 0.6 is 0 Å². The van der Waals surface area contributed by atoms with Crippen LogP contribution in [0, 0.1) is 29.1 Å². The molecule has 166 valence electrons. The Morgan fingerprint density at radius 1 is 1.43 bits per heavy atom. The van der Waals surface area contributed by atoms with Crippen LogP contribution in [0.3, 0.4) is 0 Å². The van der Waals surface area contributed by atoms with Crippen molar-refractivity contribution < 1.29 is 19.7 Å². The number of carbonyl (C=O) groups is 1. The van der Waals surface area contributed by atoms with Gasteiger partial charge in [0, 0.05) is 35.1 Å². The van der Waals surface area contributed by atoms with Crippen LogP contribution in [-0.2, 0) is 9.53 Å². The van der Waals surface area contributed by atoms with E-state index in [0.717, 1.165) is 6.42 Å². The predicted octanol–water partition coefficient (Wildman–Crippen LogP) is 4.31. The van der Waals surface area contributed by atoms with Gasteiger partial charge in [0.05, 0.1) is 19.3 Å². The molecular weight excluding hydrogens is 382 g/mol. The third kappa shape index (κ3) is 8.23. The molecule has 0 aromatic carbocycles. The van der Waals surface area contributed by atoms with E-state index in [-0.39, 0.29) is 23.8 Å². The topological polar surface area (TPSA) is 116 Å². The first-order valence-electron chi connectivity index (χ1n) is 10.5. The van der Waals surface area contributed by atoms with Crippen molar-refractivity contribution in [1.29, 1.82) is 0 Å². The van der Waals surface area contributed by atoms with Gasteiger partial charge in [0.1, 0.15) is 0 Å². The van der Waals surface area contributed by atoms with Gasteiger partial charge in [0.15, 0.2) is 0 Å². The molecule has 1 rings (SSSR count). The summed E-state index contributed by atoms with van der Waals surface area (Å²) < 4.78 is 4.62. The number of allylic oxidation sites excluding steroid dienone is 2. The zero-order valence-corrected chi connectivity index (χ0v) is 18.5. The second kappa shape index (κ2) is 13.1. The summed E-state index contributed by atoms with van der Waals surface area (Å²) in [6.45, 7) is 5.68. The first kappa shape index (κ1) is 25.8. The molecular formula is C23H35N3O4. The molecule has 0 amide bonds. The van der Waals surface area contributed by atoms with Crippen molar-refractivity contribution in [2.75, 3.05) is 7.11 Å². The average molecular weight is 418 g/mol. The quantitative estimate of drug-likeness (QED) is 0.0991. The molecule has 0 aromatic rings. The number of methoxy groups -OCH3 is 1. The van der Waals surface area contributed by atoms with Crippen molar-refractivity contribution in [2.45, 2.75) is 77.5 Å². The Bertz CT molecular complexity index is 714. The molecule has 1 saturated carbocycles. The summed E-state index contributed by atoms with van der Waals surface area (Å²) in [6.07, 6.45) is 9.75. The number of hydrogen-bond donors (Lipinski definition) is 2. The van der Waals surface area contributed by atoms with E-state index >= 15 is 0 Å². The molecule has 0 aromatic heterocycles. The molecule has 7 nitrogen and oxygen atoms in total. The lowest BCUT2D eigenvalue weighted by Crippen LogP contribution is -2.28. The number of aliphatic hydroxyl groups is 2. The summed E-state index contributed by atoms with van der Waals surface area (Å²) in [5, 5.41) is 25.0. The highest BCUT2D eigenvalue weighted by atomic mass is 16.5. The number of ether oxygens (including phenoxy) is 1. The van der Waals surface area contributed by atoms with Crippen molar-refractivity contribution in [2.24, 2.45) is 22.4 Å². The summed E-state index contributed by atoms with van der Waals surface area (Å²) >= 11 is 0. The minimum absolute atomic E-state index is 0.0465. The van der Waals surface area contributed by atoms with Crippen LogP contribution in [-0.4, -0.2) is 41.5 Å². The zero-order chi connectivity index (χ0) is 22.6. The first-order valence-corrected chi connectivity index (χ1v) is 10.5. The molecule has 0 heterocycles. The third-order valence-corrected chi connectivity index (χ3v) is 5.71. The van der Waals surface area contributed by atoms with E-state index in [1.807, 2.05) is 32.1 Å². The molecule has 0 spiro atoms. The zero-order valence-electron chi connectivity index (χ0n) is 18.5. The van der Waals surface area contributed by atoms with Gasteiger partial charge in [-0.1, -0.05) is 43.3 Å². The van der Waals surface area contributed by atoms with E-state index in [1.54, 1.807) is 13.0 Å². The summed E-state index contributed by atoms with van der Waals surface area (Å²) in [4.78, 5) is 14.1. The fraction of sp³-hybridized carbons (Fsp3) is 0.696. The summed E-state index contributed by atoms with van der Waals surface area (Å²) in [5.74, 6) is 5.39. The number of unbranched alkanes of at least 4 members (excludes halogenated alkanes) is 1. The van der Waals surface area contributed by atoms with E-state index in [2.05, 4.69) is 26.6 Å². The average Bonchev–Trinajstić information content (AvgIpc) is 3.01. The Labute approximate surface area is 179 Å². The Kier molecular flexibility index (Phi) is 11.3. The van der Waals surface area contributed by atoms with Crippen molar-refractivity contribution >= 4 is 5.97 Å². The first-order chi connectivity index (χ1) is 14.3. The Hall–Kier alpha value is -2.26. The number of hydrogen-bond acceptors (Lipinski definition) is 5. The number of esters is 1. The van der Waals surface area contributed by atoms with Crippen molar-refractivity contribution in [3.8, 4) is 11.8 Å². The number of azide groups is 1. The fourth-order valence-corrected chi connectivity index (χ4v) is 3.66. The lowest BCUT2D eigenvalue weighted by Gasteiger charge is -2.27. The van der Waals surface area contributed by atoms with E-state index < -0.39 is 17.6 Å². The van der Waals surface area contributed by atoms with Crippen LogP contribution in [0.25, 0.3) is 10.4 Å². The second-order valence-corrected chi connectivity index (χ2v) is 8.41. The standard InChI is InChI=1S/C23H35N3O4/c1-5-6-15-23(2,3)21(28)14-13-18-17(19(25-26-24)16-20(18)27)11-9-7-8-10-12-22(29)30-4/h7,9,13-14,17-21,27-28H,8,10-12,15-16H2,1-4H3/t17-,18-,19+,20-,21-/m1/s1. The lowest BCUT2D eigenvalue weighted by atomic mass is 9.81. The monoisotopic (exact) mass is 417 g/mol. The van der Waals surface area contributed by atoms with Gasteiger partial charge in [0.2, 0.25) is 0 Å². The van der Waals surface area contributed by atoms with Gasteiger partial charge in [-0.2, -0.15) is 0 Å². The van der Waals surface area contributed by atoms with Crippen molar-refractivity contribution in [3.63, 3.8) is 0 Å². The van der Waals surface area contributed by atoms with Gasteiger partial charge in [-0.05, 0) is 44.1 Å². The molecule has 1 aliphatic rings. The van der Waals surface area contributed by atoms with Crippen LogP contribution in [0.2, 0.25) is 0 Å². The van der Waals surface area contributed by atoms with Crippen LogP contribution in [0.4, 0.5) is 0 Å². The molecule has 0 saturated heterocycles. The largest absolute Gasteiger partial charge is 0.469 e. The number of carbonyl (C=O) groups excluding carboxylic acids is 1. The minimum Gasteiger partial charge on any atom is -0.469 e. The van der Waals surface area contributed by atoms with Crippen LogP contribution in [0.1, 0.15) is 59.3 Å². The lowest BCUT2D eigenvalue weighted by molar-refractivity contribution is -0.140. The van der Waals surface area contributed by atoms with Gasteiger partial charge in [-0.3, -0.25) is 4.79 Å². The highest BCUT2D eigenvalue weighted by molar-refractivity contribution is 5.69. The van der Waals surface area contributed by atoms with Crippen LogP contribution in [0.15, 0.2) is 29.4 Å². The van der Waals surface area contributed by atoms with Gasteiger partial charge in [-0.15, -0.1) is 11.8 Å². The number of aliphatic hydroxyl groups excluding tert-OH is 2. The summed E-state index contributed by atoms with van der Waals surface area (Å²) in [5.41, 5.74) is 8.48. The molecule has 5 atom stereocenters.